The van der Waals surface area contributed by atoms with Crippen LogP contribution in [0.4, 0.5) is 4.39 Å². The monoisotopic (exact) mass is 415 g/mol. The van der Waals surface area contributed by atoms with Gasteiger partial charge in [0.15, 0.2) is 5.82 Å². The van der Waals surface area contributed by atoms with Gasteiger partial charge >= 0.3 is 0 Å². The van der Waals surface area contributed by atoms with Crippen molar-refractivity contribution < 1.29 is 8.91 Å². The van der Waals surface area contributed by atoms with Gasteiger partial charge in [-0.05, 0) is 28.1 Å². The zero-order valence-corrected chi connectivity index (χ0v) is 14.8. The van der Waals surface area contributed by atoms with E-state index in [1.54, 1.807) is 35.0 Å². The Bertz CT molecular complexity index is 1120. The van der Waals surface area contributed by atoms with Crippen molar-refractivity contribution in [2.75, 3.05) is 0 Å². The molecule has 0 saturated heterocycles. The number of rotatable bonds is 4. The van der Waals surface area contributed by atoms with Crippen molar-refractivity contribution in [2.24, 2.45) is 0 Å². The average Bonchev–Trinajstić information content (AvgIpc) is 3.29. The number of aromatic amines is 1. The second-order valence-electron chi connectivity index (χ2n) is 5.46. The molecule has 0 aliphatic carbocycles. The molecule has 0 atom stereocenters. The van der Waals surface area contributed by atoms with Crippen molar-refractivity contribution in [3.8, 4) is 22.9 Å². The van der Waals surface area contributed by atoms with E-state index in [2.05, 4.69) is 36.2 Å². The Hall–Kier alpha value is -3.07. The second kappa shape index (κ2) is 6.68. The molecule has 3 heterocycles. The van der Waals surface area contributed by atoms with Gasteiger partial charge < -0.3 is 9.51 Å². The van der Waals surface area contributed by atoms with Crippen LogP contribution in [0.3, 0.4) is 0 Å². The summed E-state index contributed by atoms with van der Waals surface area (Å²) in [7, 11) is 0. The molecule has 9 heteroatoms. The quantitative estimate of drug-likeness (QED) is 0.552. The summed E-state index contributed by atoms with van der Waals surface area (Å²) >= 11 is 3.11. The number of nitrogens with one attached hydrogen (secondary N) is 1. The van der Waals surface area contributed by atoms with E-state index in [9.17, 15) is 9.18 Å². The molecule has 0 aliphatic rings. The fourth-order valence-corrected chi connectivity index (χ4v) is 2.70. The van der Waals surface area contributed by atoms with E-state index in [0.29, 0.717) is 32.9 Å². The minimum Gasteiger partial charge on any atom is -0.364 e. The maximum atomic E-state index is 14.0. The molecule has 0 radical (unpaired) electrons. The third kappa shape index (κ3) is 3.08. The number of aromatic nitrogens is 5. The Morgan fingerprint density at radius 3 is 2.81 bits per heavy atom. The predicted molar refractivity (Wildman–Crippen MR) is 94.8 cm³/mol. The Labute approximate surface area is 154 Å². The minimum atomic E-state index is -0.328. The molecule has 0 unspecified atom stereocenters. The Balaban J connectivity index is 1.82. The zero-order chi connectivity index (χ0) is 18.1. The first-order valence-corrected chi connectivity index (χ1v) is 8.38. The van der Waals surface area contributed by atoms with Crippen LogP contribution in [0, 0.1) is 5.82 Å². The summed E-state index contributed by atoms with van der Waals surface area (Å²) in [5.74, 6) is -0.0268. The predicted octanol–water partition coefficient (Wildman–Crippen LogP) is 3.24. The number of nitrogens with zero attached hydrogens (tertiary/aromatic N) is 4. The van der Waals surface area contributed by atoms with Gasteiger partial charge in [-0.25, -0.2) is 9.37 Å². The first-order valence-electron chi connectivity index (χ1n) is 7.59. The number of benzene rings is 1. The second-order valence-corrected chi connectivity index (χ2v) is 6.31. The third-order valence-corrected chi connectivity index (χ3v) is 4.32. The smallest absolute Gasteiger partial charge is 0.265 e. The highest BCUT2D eigenvalue weighted by molar-refractivity contribution is 9.10. The fraction of sp³-hybridized carbons (Fsp3) is 0.0588. The van der Waals surface area contributed by atoms with Gasteiger partial charge in [-0.1, -0.05) is 23.4 Å². The molecule has 0 aliphatic heterocycles. The molecule has 0 fully saturated rings. The summed E-state index contributed by atoms with van der Waals surface area (Å²) in [5.41, 5.74) is 1.75. The van der Waals surface area contributed by atoms with E-state index < -0.39 is 0 Å². The summed E-state index contributed by atoms with van der Waals surface area (Å²) in [4.78, 5) is 18.6. The standard InChI is InChI=1S/C17H11BrFN5O2/c18-11-8-20-16(21-17(11)25)14-7-15(13-5-6-26-23-13)24(22-14)9-10-3-1-2-4-12(10)19/h1-8H,9H2,(H,20,21,25). The number of hydrogen-bond donors (Lipinski definition) is 1. The van der Waals surface area contributed by atoms with Gasteiger partial charge in [0.05, 0.1) is 12.2 Å². The van der Waals surface area contributed by atoms with Gasteiger partial charge in [-0.2, -0.15) is 5.10 Å². The Morgan fingerprint density at radius 2 is 2.08 bits per heavy atom. The Kier molecular flexibility index (Phi) is 4.21. The number of H-pyrrole nitrogens is 1. The molecule has 3 aromatic heterocycles. The third-order valence-electron chi connectivity index (χ3n) is 3.76. The number of halogens is 2. The average molecular weight is 416 g/mol. The van der Waals surface area contributed by atoms with E-state index in [1.165, 1.54) is 18.5 Å². The van der Waals surface area contributed by atoms with Crippen molar-refractivity contribution in [3.63, 3.8) is 0 Å². The van der Waals surface area contributed by atoms with Crippen LogP contribution in [-0.2, 0) is 6.54 Å². The van der Waals surface area contributed by atoms with Crippen molar-refractivity contribution >= 4 is 15.9 Å². The summed E-state index contributed by atoms with van der Waals surface area (Å²) in [6, 6.07) is 9.85. The van der Waals surface area contributed by atoms with E-state index in [4.69, 9.17) is 4.52 Å². The molecule has 1 aromatic carbocycles. The summed E-state index contributed by atoms with van der Waals surface area (Å²) in [5, 5.41) is 8.38. The minimum absolute atomic E-state index is 0.190. The van der Waals surface area contributed by atoms with E-state index >= 15 is 0 Å². The summed E-state index contributed by atoms with van der Waals surface area (Å²) in [6.07, 6.45) is 2.84. The topological polar surface area (TPSA) is 89.6 Å². The summed E-state index contributed by atoms with van der Waals surface area (Å²) in [6.45, 7) is 0.190. The molecular formula is C17H11BrFN5O2. The lowest BCUT2D eigenvalue weighted by Gasteiger charge is -2.06. The molecule has 7 nitrogen and oxygen atoms in total. The van der Waals surface area contributed by atoms with E-state index in [0.717, 1.165) is 0 Å². The van der Waals surface area contributed by atoms with Crippen molar-refractivity contribution in [1.82, 2.24) is 24.9 Å². The first kappa shape index (κ1) is 16.4. The van der Waals surface area contributed by atoms with Gasteiger partial charge in [0.1, 0.15) is 27.9 Å². The molecule has 1 N–H and O–H groups in total. The van der Waals surface area contributed by atoms with Crippen LogP contribution < -0.4 is 5.56 Å². The van der Waals surface area contributed by atoms with Crippen LogP contribution in [-0.4, -0.2) is 24.9 Å². The van der Waals surface area contributed by atoms with Gasteiger partial charge in [-0.15, -0.1) is 0 Å². The largest absolute Gasteiger partial charge is 0.364 e. The molecule has 0 saturated carbocycles. The lowest BCUT2D eigenvalue weighted by Crippen LogP contribution is -2.09. The fourth-order valence-electron chi connectivity index (χ4n) is 2.50. The van der Waals surface area contributed by atoms with Crippen LogP contribution in [0.2, 0.25) is 0 Å². The van der Waals surface area contributed by atoms with E-state index in [1.807, 2.05) is 0 Å². The number of hydrogen-bond acceptors (Lipinski definition) is 5. The highest BCUT2D eigenvalue weighted by Gasteiger charge is 2.16. The van der Waals surface area contributed by atoms with Crippen molar-refractivity contribution in [2.45, 2.75) is 6.54 Å². The van der Waals surface area contributed by atoms with Crippen LogP contribution in [0.5, 0.6) is 0 Å². The van der Waals surface area contributed by atoms with Gasteiger partial charge in [0, 0.05) is 17.8 Å². The SMILES string of the molecule is O=c1[nH]c(-c2cc(-c3ccon3)n(Cc3ccccc3F)n2)ncc1Br. The van der Waals surface area contributed by atoms with E-state index in [-0.39, 0.29) is 17.9 Å². The van der Waals surface area contributed by atoms with Crippen LogP contribution in [0.25, 0.3) is 22.9 Å². The maximum absolute atomic E-state index is 14.0. The molecule has 0 amide bonds. The molecule has 4 rings (SSSR count). The van der Waals surface area contributed by atoms with Crippen LogP contribution in [0.1, 0.15) is 5.56 Å². The molecular weight excluding hydrogens is 405 g/mol. The highest BCUT2D eigenvalue weighted by atomic mass is 79.9. The highest BCUT2D eigenvalue weighted by Crippen LogP contribution is 2.24. The van der Waals surface area contributed by atoms with Gasteiger partial charge in [-0.3, -0.25) is 9.48 Å². The molecule has 4 aromatic rings. The van der Waals surface area contributed by atoms with Gasteiger partial charge in [0.2, 0.25) is 0 Å². The van der Waals surface area contributed by atoms with Crippen LogP contribution >= 0.6 is 15.9 Å². The van der Waals surface area contributed by atoms with Crippen molar-refractivity contribution in [1.29, 1.82) is 0 Å². The lowest BCUT2D eigenvalue weighted by molar-refractivity contribution is 0.421. The van der Waals surface area contributed by atoms with Crippen LogP contribution in [0.15, 0.2) is 62.6 Å². The first-order chi connectivity index (χ1) is 12.6. The zero-order valence-electron chi connectivity index (χ0n) is 13.2. The maximum Gasteiger partial charge on any atom is 0.265 e. The lowest BCUT2D eigenvalue weighted by atomic mass is 10.2. The van der Waals surface area contributed by atoms with Gasteiger partial charge in [0.25, 0.3) is 5.56 Å². The molecule has 130 valence electrons. The molecule has 0 bridgehead atoms. The molecule has 26 heavy (non-hydrogen) atoms. The molecule has 0 spiro atoms. The van der Waals surface area contributed by atoms with Crippen molar-refractivity contribution in [3.05, 3.63) is 75.1 Å². The Morgan fingerprint density at radius 1 is 1.23 bits per heavy atom. The summed E-state index contributed by atoms with van der Waals surface area (Å²) < 4.78 is 20.9. The normalized spacial score (nSPS) is 11.0.